The van der Waals surface area contributed by atoms with Gasteiger partial charge in [0.2, 0.25) is 0 Å². The Morgan fingerprint density at radius 1 is 1.19 bits per heavy atom. The molecule has 0 aliphatic carbocycles. The molecule has 0 atom stereocenters. The van der Waals surface area contributed by atoms with Gasteiger partial charge in [0.25, 0.3) is 0 Å². The minimum absolute atomic E-state index is 0.00838. The number of aromatic hydroxyl groups is 1. The Balaban J connectivity index is 2.15. The van der Waals surface area contributed by atoms with Crippen molar-refractivity contribution in [3.05, 3.63) is 47.8 Å². The third-order valence-corrected chi connectivity index (χ3v) is 3.46. The van der Waals surface area contributed by atoms with Gasteiger partial charge in [0.15, 0.2) is 0 Å². The van der Waals surface area contributed by atoms with Crippen LogP contribution in [0.25, 0.3) is 0 Å². The molecule has 0 fully saturated rings. The molecule has 0 aliphatic rings. The van der Waals surface area contributed by atoms with Gasteiger partial charge >= 0.3 is 5.51 Å². The van der Waals surface area contributed by atoms with Crippen molar-refractivity contribution in [1.82, 2.24) is 4.98 Å². The lowest BCUT2D eigenvalue weighted by Gasteiger charge is -2.13. The van der Waals surface area contributed by atoms with Crippen molar-refractivity contribution >= 4 is 17.4 Å². The van der Waals surface area contributed by atoms with Crippen molar-refractivity contribution < 1.29 is 18.3 Å². The number of nitrogens with zero attached hydrogens (tertiary/aromatic N) is 1. The molecule has 7 heteroatoms. The molecule has 1 aromatic carbocycles. The fourth-order valence-corrected chi connectivity index (χ4v) is 2.38. The first-order valence-corrected chi connectivity index (χ1v) is 6.91. The first kappa shape index (κ1) is 15.5. The topological polar surface area (TPSA) is 45.1 Å². The molecular formula is C14H13F3N2OS. The van der Waals surface area contributed by atoms with Crippen LogP contribution in [0.15, 0.2) is 41.3 Å². The molecule has 2 rings (SSSR count). The lowest BCUT2D eigenvalue weighted by molar-refractivity contribution is -0.0327. The van der Waals surface area contributed by atoms with Gasteiger partial charge in [-0.1, -0.05) is 12.1 Å². The summed E-state index contributed by atoms with van der Waals surface area (Å²) in [6, 6.07) is 9.31. The molecule has 0 saturated heterocycles. The molecule has 3 nitrogen and oxygen atoms in total. The van der Waals surface area contributed by atoms with Crippen molar-refractivity contribution in [3.8, 4) is 5.75 Å². The number of thioether (sulfide) groups is 1. The van der Waals surface area contributed by atoms with Crippen LogP contribution in [0.2, 0.25) is 0 Å². The van der Waals surface area contributed by atoms with Crippen LogP contribution in [0.1, 0.15) is 11.4 Å². The number of aryl methyl sites for hydroxylation is 1. The minimum Gasteiger partial charge on any atom is -0.506 e. The zero-order valence-electron chi connectivity index (χ0n) is 11.1. The molecule has 21 heavy (non-hydrogen) atoms. The number of halogens is 3. The molecule has 0 saturated carbocycles. The quantitative estimate of drug-likeness (QED) is 0.825. The highest BCUT2D eigenvalue weighted by Crippen LogP contribution is 2.40. The lowest BCUT2D eigenvalue weighted by atomic mass is 10.2. The van der Waals surface area contributed by atoms with Crippen LogP contribution >= 0.6 is 11.8 Å². The van der Waals surface area contributed by atoms with E-state index in [1.807, 2.05) is 0 Å². The van der Waals surface area contributed by atoms with E-state index in [0.717, 1.165) is 5.69 Å². The summed E-state index contributed by atoms with van der Waals surface area (Å²) in [5, 5.41) is 12.6. The second kappa shape index (κ2) is 6.26. The van der Waals surface area contributed by atoms with Gasteiger partial charge in [-0.05, 0) is 43.0 Å². The minimum atomic E-state index is -4.35. The molecule has 2 aromatic rings. The van der Waals surface area contributed by atoms with E-state index in [-0.39, 0.29) is 29.0 Å². The number of pyridine rings is 1. The number of aromatic nitrogens is 1. The zero-order valence-corrected chi connectivity index (χ0v) is 11.9. The highest BCUT2D eigenvalue weighted by atomic mass is 32.2. The largest absolute Gasteiger partial charge is 0.506 e. The van der Waals surface area contributed by atoms with E-state index >= 15 is 0 Å². The number of hydrogen-bond acceptors (Lipinski definition) is 4. The fraction of sp³-hybridized carbons (Fsp3) is 0.214. The SMILES string of the molecule is Cc1ccc(O)c(CNc2ccccc2SC(F)(F)F)n1. The first-order valence-electron chi connectivity index (χ1n) is 6.09. The van der Waals surface area contributed by atoms with E-state index in [9.17, 15) is 18.3 Å². The second-order valence-corrected chi connectivity index (χ2v) is 5.42. The Kier molecular flexibility index (Phi) is 4.62. The molecule has 0 aliphatic heterocycles. The average molecular weight is 314 g/mol. The van der Waals surface area contributed by atoms with E-state index in [1.165, 1.54) is 12.1 Å². The maximum atomic E-state index is 12.5. The summed E-state index contributed by atoms with van der Waals surface area (Å²) < 4.78 is 37.5. The van der Waals surface area contributed by atoms with Crippen LogP contribution in [0.5, 0.6) is 5.75 Å². The van der Waals surface area contributed by atoms with Gasteiger partial charge in [0.1, 0.15) is 11.4 Å². The molecule has 0 bridgehead atoms. The van der Waals surface area contributed by atoms with Gasteiger partial charge in [-0.3, -0.25) is 4.98 Å². The van der Waals surface area contributed by atoms with Crippen LogP contribution in [-0.2, 0) is 6.54 Å². The van der Waals surface area contributed by atoms with Gasteiger partial charge < -0.3 is 10.4 Å². The molecule has 0 amide bonds. The molecular weight excluding hydrogens is 301 g/mol. The Morgan fingerprint density at radius 2 is 1.90 bits per heavy atom. The molecule has 1 aromatic heterocycles. The van der Waals surface area contributed by atoms with Crippen LogP contribution in [0.4, 0.5) is 18.9 Å². The monoisotopic (exact) mass is 314 g/mol. The number of benzene rings is 1. The predicted molar refractivity (Wildman–Crippen MR) is 76.3 cm³/mol. The fourth-order valence-electron chi connectivity index (χ4n) is 1.74. The Morgan fingerprint density at radius 3 is 2.62 bits per heavy atom. The third kappa shape index (κ3) is 4.56. The van der Waals surface area contributed by atoms with E-state index in [4.69, 9.17) is 0 Å². The van der Waals surface area contributed by atoms with Gasteiger partial charge in [-0.25, -0.2) is 0 Å². The van der Waals surface area contributed by atoms with E-state index in [2.05, 4.69) is 10.3 Å². The number of nitrogens with one attached hydrogen (secondary N) is 1. The van der Waals surface area contributed by atoms with Crippen molar-refractivity contribution in [2.75, 3.05) is 5.32 Å². The lowest BCUT2D eigenvalue weighted by Crippen LogP contribution is -2.05. The smallest absolute Gasteiger partial charge is 0.446 e. The molecule has 0 unspecified atom stereocenters. The summed E-state index contributed by atoms with van der Waals surface area (Å²) in [6.45, 7) is 1.92. The maximum absolute atomic E-state index is 12.5. The zero-order chi connectivity index (χ0) is 15.5. The number of para-hydroxylation sites is 1. The molecule has 2 N–H and O–H groups in total. The maximum Gasteiger partial charge on any atom is 0.446 e. The molecule has 0 spiro atoms. The van der Waals surface area contributed by atoms with E-state index < -0.39 is 5.51 Å². The summed E-state index contributed by atoms with van der Waals surface area (Å²) in [6.07, 6.45) is 0. The summed E-state index contributed by atoms with van der Waals surface area (Å²) in [5.74, 6) is 0.00838. The van der Waals surface area contributed by atoms with Crippen LogP contribution in [0, 0.1) is 6.92 Å². The average Bonchev–Trinajstić information content (AvgIpc) is 2.39. The first-order chi connectivity index (χ1) is 9.85. The number of alkyl halides is 3. The molecule has 1 heterocycles. The summed E-state index contributed by atoms with van der Waals surface area (Å²) >= 11 is -0.176. The van der Waals surface area contributed by atoms with E-state index in [0.29, 0.717) is 11.4 Å². The van der Waals surface area contributed by atoms with Crippen molar-refractivity contribution in [2.45, 2.75) is 23.9 Å². The van der Waals surface area contributed by atoms with Gasteiger partial charge in [-0.2, -0.15) is 13.2 Å². The third-order valence-electron chi connectivity index (χ3n) is 2.65. The van der Waals surface area contributed by atoms with Crippen molar-refractivity contribution in [2.24, 2.45) is 0 Å². The molecule has 0 radical (unpaired) electrons. The van der Waals surface area contributed by atoms with Gasteiger partial charge in [0.05, 0.1) is 6.54 Å². The standard InChI is InChI=1S/C14H13F3N2OS/c1-9-6-7-12(20)11(19-9)8-18-10-4-2-3-5-13(10)21-14(15,16)17/h2-7,18,20H,8H2,1H3. The number of rotatable bonds is 4. The predicted octanol–water partition coefficient (Wildman–Crippen LogP) is 4.32. The second-order valence-electron chi connectivity index (χ2n) is 4.32. The van der Waals surface area contributed by atoms with Crippen LogP contribution < -0.4 is 5.32 Å². The molecule has 112 valence electrons. The summed E-state index contributed by atoms with van der Waals surface area (Å²) in [5.41, 5.74) is -2.88. The van der Waals surface area contributed by atoms with Crippen molar-refractivity contribution in [1.29, 1.82) is 0 Å². The Bertz CT molecular complexity index is 632. The summed E-state index contributed by atoms with van der Waals surface area (Å²) in [7, 11) is 0. The van der Waals surface area contributed by atoms with Gasteiger partial charge in [0, 0.05) is 16.3 Å². The Labute approximate surface area is 124 Å². The van der Waals surface area contributed by atoms with E-state index in [1.54, 1.807) is 31.2 Å². The van der Waals surface area contributed by atoms with Crippen LogP contribution in [0.3, 0.4) is 0 Å². The highest BCUT2D eigenvalue weighted by Gasteiger charge is 2.30. The number of hydrogen-bond donors (Lipinski definition) is 2. The van der Waals surface area contributed by atoms with Crippen LogP contribution in [-0.4, -0.2) is 15.6 Å². The van der Waals surface area contributed by atoms with Gasteiger partial charge in [-0.15, -0.1) is 0 Å². The Hall–Kier alpha value is -1.89. The normalized spacial score (nSPS) is 11.4. The highest BCUT2D eigenvalue weighted by molar-refractivity contribution is 8.00. The number of anilines is 1. The summed E-state index contributed by atoms with van der Waals surface area (Å²) in [4.78, 5) is 4.23. The van der Waals surface area contributed by atoms with Crippen molar-refractivity contribution in [3.63, 3.8) is 0 Å².